The van der Waals surface area contributed by atoms with Gasteiger partial charge in [0.25, 0.3) is 0 Å². The normalized spacial score (nSPS) is 22.3. The van der Waals surface area contributed by atoms with E-state index in [1.807, 2.05) is 26.8 Å². The first kappa shape index (κ1) is 14.0. The summed E-state index contributed by atoms with van der Waals surface area (Å²) in [6.07, 6.45) is 1.38. The number of morpholine rings is 1. The van der Waals surface area contributed by atoms with Crippen LogP contribution in [0.1, 0.15) is 20.8 Å². The molecule has 106 valence electrons. The quantitative estimate of drug-likeness (QED) is 0.843. The van der Waals surface area contributed by atoms with E-state index in [0.29, 0.717) is 6.54 Å². The summed E-state index contributed by atoms with van der Waals surface area (Å²) in [6.45, 7) is 8.30. The molecule has 0 aromatic carbocycles. The number of ether oxygens (including phenoxy) is 1. The lowest BCUT2D eigenvalue weighted by Gasteiger charge is -2.42. The molecule has 1 aromatic heterocycles. The number of aliphatic hydroxyl groups is 1. The van der Waals surface area contributed by atoms with Crippen LogP contribution in [0.2, 0.25) is 0 Å². The van der Waals surface area contributed by atoms with Gasteiger partial charge in [-0.2, -0.15) is 0 Å². The molecule has 1 fully saturated rings. The average Bonchev–Trinajstić information content (AvgIpc) is 2.37. The van der Waals surface area contributed by atoms with Gasteiger partial charge in [0.1, 0.15) is 18.0 Å². The van der Waals surface area contributed by atoms with Crippen molar-refractivity contribution in [1.29, 1.82) is 0 Å². The Hall–Kier alpha value is -1.40. The van der Waals surface area contributed by atoms with Gasteiger partial charge < -0.3 is 20.1 Å². The molecule has 1 atom stereocenters. The van der Waals surface area contributed by atoms with Crippen LogP contribution in [-0.4, -0.2) is 53.0 Å². The molecule has 0 bridgehead atoms. The molecule has 6 heteroatoms. The highest BCUT2D eigenvalue weighted by Gasteiger charge is 2.33. The first-order chi connectivity index (χ1) is 9.04. The van der Waals surface area contributed by atoms with Crippen LogP contribution in [0, 0.1) is 0 Å². The van der Waals surface area contributed by atoms with Gasteiger partial charge in [-0.15, -0.1) is 0 Å². The first-order valence-corrected chi connectivity index (χ1v) is 6.63. The highest BCUT2D eigenvalue weighted by Crippen LogP contribution is 2.25. The zero-order valence-electron chi connectivity index (χ0n) is 11.8. The third-order valence-electron chi connectivity index (χ3n) is 3.02. The Morgan fingerprint density at radius 2 is 2.32 bits per heavy atom. The summed E-state index contributed by atoms with van der Waals surface area (Å²) in [5, 5.41) is 12.5. The maximum atomic E-state index is 9.33. The Balaban J connectivity index is 2.17. The largest absolute Gasteiger partial charge is 0.394 e. The molecule has 6 nitrogen and oxygen atoms in total. The zero-order valence-corrected chi connectivity index (χ0v) is 11.8. The molecule has 2 rings (SSSR count). The topological polar surface area (TPSA) is 70.5 Å². The number of nitrogens with zero attached hydrogens (tertiary/aromatic N) is 3. The van der Waals surface area contributed by atoms with E-state index in [0.717, 1.165) is 24.7 Å². The number of nitrogens with one attached hydrogen (secondary N) is 1. The summed E-state index contributed by atoms with van der Waals surface area (Å²) in [7, 11) is 0. The van der Waals surface area contributed by atoms with E-state index in [4.69, 9.17) is 4.74 Å². The van der Waals surface area contributed by atoms with E-state index < -0.39 is 0 Å². The second-order valence-electron chi connectivity index (χ2n) is 5.35. The number of aromatic nitrogens is 2. The van der Waals surface area contributed by atoms with Crippen LogP contribution in [0.3, 0.4) is 0 Å². The van der Waals surface area contributed by atoms with Crippen LogP contribution in [0.5, 0.6) is 0 Å². The van der Waals surface area contributed by atoms with Crippen molar-refractivity contribution < 1.29 is 9.84 Å². The summed E-state index contributed by atoms with van der Waals surface area (Å²) >= 11 is 0. The van der Waals surface area contributed by atoms with Crippen molar-refractivity contribution in [2.75, 3.05) is 36.5 Å². The number of aliphatic hydroxyl groups excluding tert-OH is 1. The lowest BCUT2D eigenvalue weighted by Crippen LogP contribution is -2.54. The predicted molar refractivity (Wildman–Crippen MR) is 74.4 cm³/mol. The van der Waals surface area contributed by atoms with Gasteiger partial charge in [-0.25, -0.2) is 9.97 Å². The van der Waals surface area contributed by atoms with E-state index in [2.05, 4.69) is 20.2 Å². The summed E-state index contributed by atoms with van der Waals surface area (Å²) < 4.78 is 5.80. The Labute approximate surface area is 113 Å². The van der Waals surface area contributed by atoms with Gasteiger partial charge in [0.15, 0.2) is 0 Å². The third kappa shape index (κ3) is 3.54. The molecular formula is C13H22N4O2. The van der Waals surface area contributed by atoms with Gasteiger partial charge in [0.2, 0.25) is 0 Å². The Morgan fingerprint density at radius 1 is 1.53 bits per heavy atom. The summed E-state index contributed by atoms with van der Waals surface area (Å²) in [4.78, 5) is 10.6. The van der Waals surface area contributed by atoms with Crippen molar-refractivity contribution in [2.45, 2.75) is 32.5 Å². The fraction of sp³-hybridized carbons (Fsp3) is 0.692. The molecule has 0 amide bonds. The van der Waals surface area contributed by atoms with Gasteiger partial charge in [-0.3, -0.25) is 0 Å². The molecule has 0 spiro atoms. The Kier molecular flexibility index (Phi) is 4.21. The van der Waals surface area contributed by atoms with Crippen LogP contribution >= 0.6 is 0 Å². The fourth-order valence-electron chi connectivity index (χ4n) is 2.36. The van der Waals surface area contributed by atoms with Gasteiger partial charge in [0, 0.05) is 25.7 Å². The third-order valence-corrected chi connectivity index (χ3v) is 3.02. The van der Waals surface area contributed by atoms with E-state index >= 15 is 0 Å². The van der Waals surface area contributed by atoms with E-state index in [1.165, 1.54) is 0 Å². The van der Waals surface area contributed by atoms with Crippen LogP contribution < -0.4 is 10.2 Å². The van der Waals surface area contributed by atoms with Crippen molar-refractivity contribution in [2.24, 2.45) is 0 Å². The van der Waals surface area contributed by atoms with Gasteiger partial charge in [-0.05, 0) is 20.8 Å². The summed E-state index contributed by atoms with van der Waals surface area (Å²) in [5.74, 6) is 1.68. The monoisotopic (exact) mass is 266 g/mol. The SMILES string of the molecule is CCNc1cc(N2CC(CO)OC(C)(C)C2)ncn1. The Morgan fingerprint density at radius 3 is 3.00 bits per heavy atom. The molecule has 1 saturated heterocycles. The predicted octanol–water partition coefficient (Wildman–Crippen LogP) is 0.884. The Bertz CT molecular complexity index is 425. The number of anilines is 2. The maximum Gasteiger partial charge on any atom is 0.134 e. The lowest BCUT2D eigenvalue weighted by atomic mass is 10.1. The van der Waals surface area contributed by atoms with Crippen molar-refractivity contribution >= 4 is 11.6 Å². The number of hydrogen-bond donors (Lipinski definition) is 2. The maximum absolute atomic E-state index is 9.33. The summed E-state index contributed by atoms with van der Waals surface area (Å²) in [6, 6.07) is 1.93. The smallest absolute Gasteiger partial charge is 0.134 e. The molecule has 2 N–H and O–H groups in total. The van der Waals surface area contributed by atoms with Crippen molar-refractivity contribution in [3.8, 4) is 0 Å². The van der Waals surface area contributed by atoms with E-state index in [-0.39, 0.29) is 18.3 Å². The number of rotatable bonds is 4. The van der Waals surface area contributed by atoms with Crippen molar-refractivity contribution in [3.05, 3.63) is 12.4 Å². The molecule has 0 saturated carbocycles. The molecule has 1 unspecified atom stereocenters. The highest BCUT2D eigenvalue weighted by molar-refractivity contribution is 5.49. The minimum absolute atomic E-state index is 0.0189. The summed E-state index contributed by atoms with van der Waals surface area (Å²) in [5.41, 5.74) is -0.297. The minimum atomic E-state index is -0.297. The zero-order chi connectivity index (χ0) is 13.9. The van der Waals surface area contributed by atoms with Crippen LogP contribution in [0.25, 0.3) is 0 Å². The van der Waals surface area contributed by atoms with Gasteiger partial charge in [0.05, 0.1) is 18.3 Å². The fourth-order valence-corrected chi connectivity index (χ4v) is 2.36. The molecule has 1 aliphatic rings. The van der Waals surface area contributed by atoms with E-state index in [9.17, 15) is 5.11 Å². The van der Waals surface area contributed by atoms with Crippen LogP contribution in [0.4, 0.5) is 11.6 Å². The van der Waals surface area contributed by atoms with Crippen LogP contribution in [-0.2, 0) is 4.74 Å². The highest BCUT2D eigenvalue weighted by atomic mass is 16.5. The molecular weight excluding hydrogens is 244 g/mol. The molecule has 2 heterocycles. The van der Waals surface area contributed by atoms with Gasteiger partial charge in [-0.1, -0.05) is 0 Å². The van der Waals surface area contributed by atoms with Crippen molar-refractivity contribution in [3.63, 3.8) is 0 Å². The average molecular weight is 266 g/mol. The van der Waals surface area contributed by atoms with E-state index in [1.54, 1.807) is 6.33 Å². The minimum Gasteiger partial charge on any atom is -0.394 e. The second-order valence-corrected chi connectivity index (χ2v) is 5.35. The molecule has 1 aliphatic heterocycles. The van der Waals surface area contributed by atoms with Crippen LogP contribution in [0.15, 0.2) is 12.4 Å². The molecule has 0 radical (unpaired) electrons. The standard InChI is InChI=1S/C13H22N4O2/c1-4-14-11-5-12(16-9-15-11)17-6-10(7-18)19-13(2,3)8-17/h5,9-10,18H,4,6-8H2,1-3H3,(H,14,15,16). The number of hydrogen-bond acceptors (Lipinski definition) is 6. The van der Waals surface area contributed by atoms with Crippen molar-refractivity contribution in [1.82, 2.24) is 9.97 Å². The molecule has 19 heavy (non-hydrogen) atoms. The lowest BCUT2D eigenvalue weighted by molar-refractivity contribution is -0.101. The molecule has 0 aliphatic carbocycles. The van der Waals surface area contributed by atoms with Gasteiger partial charge >= 0.3 is 0 Å². The first-order valence-electron chi connectivity index (χ1n) is 6.63. The molecule has 1 aromatic rings. The second kappa shape index (κ2) is 5.71.